The van der Waals surface area contributed by atoms with Gasteiger partial charge in [-0.15, -0.1) is 11.3 Å². The molecule has 156 valence electrons. The van der Waals surface area contributed by atoms with Gasteiger partial charge in [-0.05, 0) is 36.7 Å². The first-order valence-corrected chi connectivity index (χ1v) is 11.1. The first-order valence-electron chi connectivity index (χ1n) is 9.29. The van der Waals surface area contributed by atoms with E-state index in [1.807, 2.05) is 36.7 Å². The summed E-state index contributed by atoms with van der Waals surface area (Å²) in [5.41, 5.74) is 4.11. The van der Waals surface area contributed by atoms with Crippen LogP contribution in [0.3, 0.4) is 0 Å². The summed E-state index contributed by atoms with van der Waals surface area (Å²) < 4.78 is 27.3. The van der Waals surface area contributed by atoms with Gasteiger partial charge in [-0.25, -0.2) is 4.98 Å². The Bertz CT molecular complexity index is 636. The van der Waals surface area contributed by atoms with E-state index < -0.39 is 0 Å². The van der Waals surface area contributed by atoms with Crippen molar-refractivity contribution in [3.63, 3.8) is 0 Å². The van der Waals surface area contributed by atoms with E-state index in [2.05, 4.69) is 4.98 Å². The van der Waals surface area contributed by atoms with E-state index in [0.29, 0.717) is 46.2 Å². The Morgan fingerprint density at radius 2 is 1.68 bits per heavy atom. The molecular weight excluding hydrogens is 398 g/mol. The van der Waals surface area contributed by atoms with Gasteiger partial charge < -0.3 is 23.1 Å². The number of hydrogen-bond donors (Lipinski definition) is 0. The van der Waals surface area contributed by atoms with Gasteiger partial charge in [0.15, 0.2) is 0 Å². The molecule has 1 heterocycles. The second-order valence-electron chi connectivity index (χ2n) is 5.88. The molecule has 0 fully saturated rings. The van der Waals surface area contributed by atoms with Crippen LogP contribution >= 0.6 is 23.4 Å². The van der Waals surface area contributed by atoms with Crippen LogP contribution in [0.4, 0.5) is 0 Å². The number of methoxy groups -OCH3 is 1. The molecule has 0 amide bonds. The number of aryl methyl sites for hydroxylation is 1. The third-order valence-corrected chi connectivity index (χ3v) is 5.48. The molecule has 0 saturated carbocycles. The number of rotatable bonds is 16. The average molecular weight is 428 g/mol. The number of nitrogens with zero attached hydrogens (tertiary/aromatic N) is 1. The molecule has 2 aromatic rings. The second-order valence-corrected chi connectivity index (χ2v) is 7.70. The van der Waals surface area contributed by atoms with Gasteiger partial charge in [0, 0.05) is 17.1 Å². The molecule has 0 radical (unpaired) electrons. The fraction of sp³-hybridized carbons (Fsp3) is 0.550. The van der Waals surface area contributed by atoms with Crippen LogP contribution in [0, 0.1) is 6.92 Å². The molecule has 2 rings (SSSR count). The Labute approximate surface area is 175 Å². The normalized spacial score (nSPS) is 11.1. The van der Waals surface area contributed by atoms with Crippen LogP contribution in [0.15, 0.2) is 29.8 Å². The molecule has 0 aliphatic heterocycles. The van der Waals surface area contributed by atoms with Crippen molar-refractivity contribution < 1.29 is 23.1 Å². The molecule has 1 aromatic heterocycles. The van der Waals surface area contributed by atoms with Gasteiger partial charge in [0.1, 0.15) is 5.75 Å². The predicted octanol–water partition coefficient (Wildman–Crippen LogP) is 3.92. The quantitative estimate of drug-likeness (QED) is 0.297. The van der Waals surface area contributed by atoms with E-state index in [9.17, 15) is 0 Å². The summed E-state index contributed by atoms with van der Waals surface area (Å²) in [5.74, 6) is 1.64. The Kier molecular flexibility index (Phi) is 12.2. The van der Waals surface area contributed by atoms with Gasteiger partial charge >= 0.3 is 0 Å². The lowest BCUT2D eigenvalue weighted by Gasteiger charge is -2.07. The van der Waals surface area contributed by atoms with Crippen molar-refractivity contribution in [3.05, 3.63) is 45.9 Å². The monoisotopic (exact) mass is 427 g/mol. The maximum Gasteiger partial charge on any atom is 0.118 e. The molecule has 0 aliphatic rings. The Morgan fingerprint density at radius 1 is 0.929 bits per heavy atom. The van der Waals surface area contributed by atoms with Crippen molar-refractivity contribution in [2.75, 3.05) is 52.5 Å². The molecule has 0 saturated heterocycles. The topological polar surface area (TPSA) is 59.0 Å². The molecule has 6 nitrogen and oxygen atoms in total. The summed E-state index contributed by atoms with van der Waals surface area (Å²) in [6.45, 7) is 6.28. The van der Waals surface area contributed by atoms with Crippen LogP contribution in [-0.4, -0.2) is 57.5 Å². The van der Waals surface area contributed by atoms with Crippen molar-refractivity contribution in [1.29, 1.82) is 0 Å². The van der Waals surface area contributed by atoms with E-state index >= 15 is 0 Å². The maximum atomic E-state index is 5.62. The van der Waals surface area contributed by atoms with Crippen LogP contribution in [-0.2, 0) is 31.4 Å². The lowest BCUT2D eigenvalue weighted by molar-refractivity contribution is 0.0396. The standard InChI is InChI=1S/C20H29NO5S2/c1-17-20(27-16-21-17)7-8-23-9-10-24-11-12-26-28-14-13-25-15-18-3-5-19(22-2)6-4-18/h3-6,16H,7-15H2,1-2H3. The van der Waals surface area contributed by atoms with E-state index in [4.69, 9.17) is 23.1 Å². The smallest absolute Gasteiger partial charge is 0.118 e. The van der Waals surface area contributed by atoms with Crippen LogP contribution in [0.5, 0.6) is 5.75 Å². The molecule has 0 atom stereocenters. The van der Waals surface area contributed by atoms with Crippen LogP contribution in [0.25, 0.3) is 0 Å². The molecular formula is C20H29NO5S2. The lowest BCUT2D eigenvalue weighted by atomic mass is 10.2. The van der Waals surface area contributed by atoms with Crippen LogP contribution < -0.4 is 4.74 Å². The number of ether oxygens (including phenoxy) is 4. The highest BCUT2D eigenvalue weighted by Gasteiger charge is 2.01. The highest BCUT2D eigenvalue weighted by molar-refractivity contribution is 7.94. The number of benzene rings is 1. The molecule has 28 heavy (non-hydrogen) atoms. The minimum Gasteiger partial charge on any atom is -0.497 e. The predicted molar refractivity (Wildman–Crippen MR) is 113 cm³/mol. The summed E-state index contributed by atoms with van der Waals surface area (Å²) in [6.07, 6.45) is 0.913. The molecule has 0 N–H and O–H groups in total. The Balaban J connectivity index is 1.31. The summed E-state index contributed by atoms with van der Waals surface area (Å²) in [7, 11) is 1.66. The fourth-order valence-corrected chi connectivity index (χ4v) is 3.52. The second kappa shape index (κ2) is 14.8. The van der Waals surface area contributed by atoms with Gasteiger partial charge in [-0.1, -0.05) is 12.1 Å². The van der Waals surface area contributed by atoms with Crippen molar-refractivity contribution in [2.45, 2.75) is 20.0 Å². The fourth-order valence-electron chi connectivity index (χ4n) is 2.27. The molecule has 1 aromatic carbocycles. The van der Waals surface area contributed by atoms with Crippen molar-refractivity contribution in [1.82, 2.24) is 4.98 Å². The molecule has 0 unspecified atom stereocenters. The zero-order chi connectivity index (χ0) is 19.9. The van der Waals surface area contributed by atoms with Crippen LogP contribution in [0.2, 0.25) is 0 Å². The third-order valence-electron chi connectivity index (χ3n) is 3.82. The van der Waals surface area contributed by atoms with Crippen LogP contribution in [0.1, 0.15) is 16.1 Å². The van der Waals surface area contributed by atoms with Gasteiger partial charge in [0.25, 0.3) is 0 Å². The molecule has 0 bridgehead atoms. The molecule has 0 spiro atoms. The minimum atomic E-state index is 0.559. The number of thiazole rings is 1. The summed E-state index contributed by atoms with van der Waals surface area (Å²) in [6, 6.07) is 7.88. The highest BCUT2D eigenvalue weighted by Crippen LogP contribution is 2.13. The average Bonchev–Trinajstić information content (AvgIpc) is 3.13. The Hall–Kier alpha value is -1.16. The number of hydrogen-bond acceptors (Lipinski definition) is 8. The molecule has 8 heteroatoms. The summed E-state index contributed by atoms with van der Waals surface area (Å²) in [4.78, 5) is 5.52. The zero-order valence-corrected chi connectivity index (χ0v) is 18.2. The summed E-state index contributed by atoms with van der Waals surface area (Å²) >= 11 is 3.08. The van der Waals surface area contributed by atoms with Gasteiger partial charge in [0.2, 0.25) is 0 Å². The SMILES string of the molecule is COc1ccc(COCCSOCCOCCOCCc2scnc2C)cc1. The zero-order valence-electron chi connectivity index (χ0n) is 16.6. The maximum absolute atomic E-state index is 5.62. The number of aromatic nitrogens is 1. The first kappa shape index (κ1) is 23.1. The largest absolute Gasteiger partial charge is 0.497 e. The van der Waals surface area contributed by atoms with Gasteiger partial charge in [-0.3, -0.25) is 0 Å². The Morgan fingerprint density at radius 3 is 2.39 bits per heavy atom. The van der Waals surface area contributed by atoms with E-state index in [-0.39, 0.29) is 0 Å². The van der Waals surface area contributed by atoms with Crippen molar-refractivity contribution in [3.8, 4) is 5.75 Å². The lowest BCUT2D eigenvalue weighted by Crippen LogP contribution is -2.09. The van der Waals surface area contributed by atoms with Crippen molar-refractivity contribution >= 4 is 23.4 Å². The first-order chi connectivity index (χ1) is 13.8. The van der Waals surface area contributed by atoms with E-state index in [1.165, 1.54) is 16.9 Å². The highest BCUT2D eigenvalue weighted by atomic mass is 32.2. The summed E-state index contributed by atoms with van der Waals surface area (Å²) in [5, 5.41) is 0. The van der Waals surface area contributed by atoms with Crippen molar-refractivity contribution in [2.24, 2.45) is 0 Å². The van der Waals surface area contributed by atoms with E-state index in [0.717, 1.165) is 29.2 Å². The minimum absolute atomic E-state index is 0.559. The van der Waals surface area contributed by atoms with Gasteiger partial charge in [-0.2, -0.15) is 0 Å². The van der Waals surface area contributed by atoms with Gasteiger partial charge in [0.05, 0.1) is 64.6 Å². The molecule has 0 aliphatic carbocycles. The third kappa shape index (κ3) is 9.86. The van der Waals surface area contributed by atoms with E-state index in [1.54, 1.807) is 18.4 Å².